The zero-order valence-corrected chi connectivity index (χ0v) is 6.99. The van der Waals surface area contributed by atoms with Gasteiger partial charge in [0.2, 0.25) is 0 Å². The molecule has 0 aromatic carbocycles. The maximum atomic E-state index is 5.64. The lowest BCUT2D eigenvalue weighted by atomic mass is 10.1. The molecule has 0 radical (unpaired) electrons. The molecule has 1 aliphatic carbocycles. The highest BCUT2D eigenvalue weighted by Gasteiger charge is 2.45. The topological polar surface area (TPSA) is 9.23 Å². The number of ether oxygens (including phenoxy) is 1. The summed E-state index contributed by atoms with van der Waals surface area (Å²) in [6.07, 6.45) is 3.98. The molecule has 0 aromatic rings. The number of hydrogen-bond donors (Lipinski definition) is 0. The number of halogens is 1. The number of fused-ring (bicyclic) bond motifs is 2. The van der Waals surface area contributed by atoms with E-state index in [0.717, 1.165) is 17.9 Å². The highest BCUT2D eigenvalue weighted by atomic mass is 79.9. The molecule has 2 unspecified atom stereocenters. The Hall–Kier alpha value is 0.440. The van der Waals surface area contributed by atoms with Crippen LogP contribution in [-0.2, 0) is 4.74 Å². The van der Waals surface area contributed by atoms with Gasteiger partial charge in [0, 0.05) is 5.33 Å². The van der Waals surface area contributed by atoms with Crippen LogP contribution < -0.4 is 0 Å². The second-order valence-electron chi connectivity index (χ2n) is 3.24. The zero-order valence-electron chi connectivity index (χ0n) is 5.40. The first-order valence-corrected chi connectivity index (χ1v) is 4.67. The molecule has 0 spiro atoms. The summed E-state index contributed by atoms with van der Waals surface area (Å²) in [6.45, 7) is 1.02. The molecule has 1 heterocycles. The van der Waals surface area contributed by atoms with Crippen LogP contribution in [0.5, 0.6) is 0 Å². The molecule has 0 N–H and O–H groups in total. The molecule has 0 amide bonds. The van der Waals surface area contributed by atoms with Crippen molar-refractivity contribution in [2.75, 3.05) is 11.9 Å². The third-order valence-corrected chi connectivity index (χ3v) is 3.56. The van der Waals surface area contributed by atoms with Crippen molar-refractivity contribution in [3.63, 3.8) is 0 Å². The minimum Gasteiger partial charge on any atom is -0.374 e. The van der Waals surface area contributed by atoms with Gasteiger partial charge in [-0.3, -0.25) is 0 Å². The molecule has 2 bridgehead atoms. The van der Waals surface area contributed by atoms with Crippen LogP contribution in [0.25, 0.3) is 0 Å². The summed E-state index contributed by atoms with van der Waals surface area (Å²) < 4.78 is 5.64. The minimum atomic E-state index is 0.269. The normalized spacial score (nSPS) is 48.3. The van der Waals surface area contributed by atoms with Crippen molar-refractivity contribution in [1.29, 1.82) is 0 Å². The largest absolute Gasteiger partial charge is 0.374 e. The molecule has 1 nitrogen and oxygen atoms in total. The predicted molar refractivity (Wildman–Crippen MR) is 39.8 cm³/mol. The molecule has 9 heavy (non-hydrogen) atoms. The van der Waals surface area contributed by atoms with Gasteiger partial charge in [-0.1, -0.05) is 15.9 Å². The van der Waals surface area contributed by atoms with Crippen LogP contribution in [0, 0.1) is 5.92 Å². The molecule has 2 aliphatic rings. The lowest BCUT2D eigenvalue weighted by molar-refractivity contribution is 0.00255. The average Bonchev–Trinajstić information content (AvgIpc) is 2.46. The Labute approximate surface area is 63.9 Å². The maximum absolute atomic E-state index is 5.64. The molecule has 2 heteroatoms. The molecule has 2 rings (SSSR count). The minimum absolute atomic E-state index is 0.269. The fraction of sp³-hybridized carbons (Fsp3) is 1.00. The Morgan fingerprint density at radius 1 is 1.67 bits per heavy atom. The van der Waals surface area contributed by atoms with Crippen LogP contribution in [0.2, 0.25) is 0 Å². The Balaban J connectivity index is 2.13. The van der Waals surface area contributed by atoms with Gasteiger partial charge in [-0.05, 0) is 25.2 Å². The quantitative estimate of drug-likeness (QED) is 0.575. The molecule has 1 saturated carbocycles. The fourth-order valence-electron chi connectivity index (χ4n) is 1.93. The maximum Gasteiger partial charge on any atom is 0.0782 e. The van der Waals surface area contributed by atoms with Crippen molar-refractivity contribution in [2.45, 2.75) is 24.9 Å². The molecule has 1 aliphatic heterocycles. The highest BCUT2D eigenvalue weighted by Crippen LogP contribution is 2.44. The van der Waals surface area contributed by atoms with Gasteiger partial charge in [-0.2, -0.15) is 0 Å². The lowest BCUT2D eigenvalue weighted by Crippen LogP contribution is -2.27. The standard InChI is InChI=1S/C7H11BrO/c8-5-7-2-1-6(3-7)4-9-7/h6H,1-5H2. The van der Waals surface area contributed by atoms with Crippen LogP contribution >= 0.6 is 15.9 Å². The summed E-state index contributed by atoms with van der Waals surface area (Å²) >= 11 is 3.50. The first-order valence-electron chi connectivity index (χ1n) is 3.55. The van der Waals surface area contributed by atoms with E-state index in [0.29, 0.717) is 0 Å². The van der Waals surface area contributed by atoms with Crippen molar-refractivity contribution in [3.8, 4) is 0 Å². The second kappa shape index (κ2) is 1.96. The summed E-state index contributed by atoms with van der Waals surface area (Å²) in [5.74, 6) is 0.891. The van der Waals surface area contributed by atoms with E-state index < -0.39 is 0 Å². The molecule has 52 valence electrons. The first-order chi connectivity index (χ1) is 4.35. The van der Waals surface area contributed by atoms with E-state index in [9.17, 15) is 0 Å². The van der Waals surface area contributed by atoms with E-state index in [2.05, 4.69) is 15.9 Å². The van der Waals surface area contributed by atoms with E-state index in [-0.39, 0.29) is 5.60 Å². The van der Waals surface area contributed by atoms with E-state index in [1.807, 2.05) is 0 Å². The van der Waals surface area contributed by atoms with Crippen molar-refractivity contribution >= 4 is 15.9 Å². The molecule has 1 saturated heterocycles. The average molecular weight is 191 g/mol. The van der Waals surface area contributed by atoms with Gasteiger partial charge < -0.3 is 4.74 Å². The van der Waals surface area contributed by atoms with Crippen molar-refractivity contribution < 1.29 is 4.74 Å². The summed E-state index contributed by atoms with van der Waals surface area (Å²) in [4.78, 5) is 0. The zero-order chi connectivity index (χ0) is 6.32. The third-order valence-electron chi connectivity index (χ3n) is 2.54. The third kappa shape index (κ3) is 0.838. The molecular formula is C7H11BrO. The Bertz CT molecular complexity index is 116. The monoisotopic (exact) mass is 190 g/mol. The van der Waals surface area contributed by atoms with Gasteiger partial charge in [-0.15, -0.1) is 0 Å². The molecular weight excluding hydrogens is 180 g/mol. The second-order valence-corrected chi connectivity index (χ2v) is 3.80. The van der Waals surface area contributed by atoms with Gasteiger partial charge in [0.15, 0.2) is 0 Å². The molecule has 0 aromatic heterocycles. The highest BCUT2D eigenvalue weighted by molar-refractivity contribution is 9.09. The predicted octanol–water partition coefficient (Wildman–Crippen LogP) is 1.95. The Morgan fingerprint density at radius 3 is 2.78 bits per heavy atom. The van der Waals surface area contributed by atoms with E-state index >= 15 is 0 Å². The van der Waals surface area contributed by atoms with Crippen LogP contribution in [0.4, 0.5) is 0 Å². The smallest absolute Gasteiger partial charge is 0.0782 e. The summed E-state index contributed by atoms with van der Waals surface area (Å²) in [5, 5.41) is 1.04. The van der Waals surface area contributed by atoms with Gasteiger partial charge in [0.05, 0.1) is 12.2 Å². The van der Waals surface area contributed by atoms with Gasteiger partial charge in [0.25, 0.3) is 0 Å². The molecule has 2 fully saturated rings. The van der Waals surface area contributed by atoms with Crippen molar-refractivity contribution in [3.05, 3.63) is 0 Å². The van der Waals surface area contributed by atoms with E-state index in [1.54, 1.807) is 0 Å². The van der Waals surface area contributed by atoms with E-state index in [1.165, 1.54) is 19.3 Å². The summed E-state index contributed by atoms with van der Waals surface area (Å²) in [7, 11) is 0. The fourth-order valence-corrected chi connectivity index (χ4v) is 2.60. The Kier molecular flexibility index (Phi) is 1.34. The van der Waals surface area contributed by atoms with Crippen LogP contribution in [0.15, 0.2) is 0 Å². The molecule has 2 atom stereocenters. The SMILES string of the molecule is BrCC12CCC(CO1)C2. The summed E-state index contributed by atoms with van der Waals surface area (Å²) in [5.41, 5.74) is 0.269. The Morgan fingerprint density at radius 2 is 2.56 bits per heavy atom. The number of alkyl halides is 1. The van der Waals surface area contributed by atoms with Gasteiger partial charge in [-0.25, -0.2) is 0 Å². The van der Waals surface area contributed by atoms with Gasteiger partial charge >= 0.3 is 0 Å². The van der Waals surface area contributed by atoms with Gasteiger partial charge in [0.1, 0.15) is 0 Å². The van der Waals surface area contributed by atoms with Crippen molar-refractivity contribution in [1.82, 2.24) is 0 Å². The number of hydrogen-bond acceptors (Lipinski definition) is 1. The number of rotatable bonds is 1. The van der Waals surface area contributed by atoms with E-state index in [4.69, 9.17) is 4.74 Å². The summed E-state index contributed by atoms with van der Waals surface area (Å²) in [6, 6.07) is 0. The lowest BCUT2D eigenvalue weighted by Gasteiger charge is -2.23. The van der Waals surface area contributed by atoms with Crippen molar-refractivity contribution in [2.24, 2.45) is 5.92 Å². The van der Waals surface area contributed by atoms with Crippen LogP contribution in [0.3, 0.4) is 0 Å². The van der Waals surface area contributed by atoms with Crippen LogP contribution in [0.1, 0.15) is 19.3 Å². The first kappa shape index (κ1) is 6.17. The van der Waals surface area contributed by atoms with Crippen LogP contribution in [-0.4, -0.2) is 17.5 Å².